The van der Waals surface area contributed by atoms with E-state index in [0.717, 1.165) is 22.5 Å². The molecule has 0 bridgehead atoms. The molecule has 0 fully saturated rings. The van der Waals surface area contributed by atoms with Gasteiger partial charge >= 0.3 is 6.01 Å². The molecule has 1 aromatic carbocycles. The first-order chi connectivity index (χ1) is 14.6. The van der Waals surface area contributed by atoms with Gasteiger partial charge in [-0.25, -0.2) is 4.98 Å². The minimum absolute atomic E-state index is 0.219. The lowest BCUT2D eigenvalue weighted by atomic mass is 10.1. The zero-order valence-corrected chi connectivity index (χ0v) is 17.5. The van der Waals surface area contributed by atoms with Gasteiger partial charge in [-0.05, 0) is 36.8 Å². The quantitative estimate of drug-likeness (QED) is 0.466. The monoisotopic (exact) mass is 422 g/mol. The van der Waals surface area contributed by atoms with E-state index in [-0.39, 0.29) is 6.01 Å². The van der Waals surface area contributed by atoms with Crippen molar-refractivity contribution in [3.05, 3.63) is 65.1 Å². The number of nitrogens with zero attached hydrogens (tertiary/aromatic N) is 6. The Morgan fingerprint density at radius 3 is 2.50 bits per heavy atom. The van der Waals surface area contributed by atoms with E-state index in [1.165, 1.54) is 14.2 Å². The van der Waals surface area contributed by atoms with Crippen LogP contribution in [0.3, 0.4) is 0 Å². The molecule has 0 amide bonds. The predicted octanol–water partition coefficient (Wildman–Crippen LogP) is 3.82. The second-order valence-electron chi connectivity index (χ2n) is 6.53. The maximum Gasteiger partial charge on any atom is 0.319 e. The van der Waals surface area contributed by atoms with Crippen molar-refractivity contribution >= 4 is 11.6 Å². The molecule has 152 valence electrons. The van der Waals surface area contributed by atoms with Crippen molar-refractivity contribution < 1.29 is 9.47 Å². The third-order valence-corrected chi connectivity index (χ3v) is 4.79. The largest absolute Gasteiger partial charge is 0.480 e. The van der Waals surface area contributed by atoms with Crippen LogP contribution in [-0.2, 0) is 6.54 Å². The molecule has 4 rings (SSSR count). The Bertz CT molecular complexity index is 1180. The number of ether oxygens (including phenoxy) is 2. The first-order valence-electron chi connectivity index (χ1n) is 9.15. The van der Waals surface area contributed by atoms with Crippen LogP contribution in [0.5, 0.6) is 11.9 Å². The molecule has 0 spiro atoms. The van der Waals surface area contributed by atoms with Crippen LogP contribution in [0.25, 0.3) is 22.5 Å². The highest BCUT2D eigenvalue weighted by Gasteiger charge is 2.16. The highest BCUT2D eigenvalue weighted by molar-refractivity contribution is 6.30. The third-order valence-electron chi connectivity index (χ3n) is 4.54. The van der Waals surface area contributed by atoms with Crippen LogP contribution in [0.1, 0.15) is 11.3 Å². The summed E-state index contributed by atoms with van der Waals surface area (Å²) in [7, 11) is 3.03. The fourth-order valence-electron chi connectivity index (χ4n) is 2.99. The molecule has 0 saturated carbocycles. The van der Waals surface area contributed by atoms with Gasteiger partial charge in [0.25, 0.3) is 0 Å². The Hall–Kier alpha value is -3.52. The minimum Gasteiger partial charge on any atom is -0.480 e. The predicted molar refractivity (Wildman–Crippen MR) is 113 cm³/mol. The zero-order valence-electron chi connectivity index (χ0n) is 16.7. The van der Waals surface area contributed by atoms with Crippen LogP contribution in [0, 0.1) is 6.92 Å². The van der Waals surface area contributed by atoms with Crippen molar-refractivity contribution in [3.63, 3.8) is 0 Å². The zero-order chi connectivity index (χ0) is 21.1. The molecule has 4 aromatic rings. The van der Waals surface area contributed by atoms with Crippen LogP contribution in [0.15, 0.2) is 48.8 Å². The number of hydrogen-bond acceptors (Lipinski definition) is 7. The molecule has 3 heterocycles. The molecule has 0 unspecified atom stereocenters. The first kappa shape index (κ1) is 19.8. The van der Waals surface area contributed by atoms with E-state index in [4.69, 9.17) is 26.2 Å². The molecular weight excluding hydrogens is 404 g/mol. The van der Waals surface area contributed by atoms with Gasteiger partial charge in [-0.3, -0.25) is 4.68 Å². The number of halogens is 1. The summed E-state index contributed by atoms with van der Waals surface area (Å²) in [5.74, 6) is 0.360. The maximum absolute atomic E-state index is 5.96. The van der Waals surface area contributed by atoms with Gasteiger partial charge in [-0.2, -0.15) is 15.2 Å². The van der Waals surface area contributed by atoms with Crippen LogP contribution < -0.4 is 9.47 Å². The maximum atomic E-state index is 5.96. The molecule has 0 aliphatic rings. The molecule has 9 heteroatoms. The van der Waals surface area contributed by atoms with Crippen LogP contribution in [0.4, 0.5) is 0 Å². The number of hydrogen-bond donors (Lipinski definition) is 0. The molecule has 30 heavy (non-hydrogen) atoms. The average molecular weight is 423 g/mol. The minimum atomic E-state index is 0.219. The highest BCUT2D eigenvalue weighted by Crippen LogP contribution is 2.30. The SMILES string of the molecule is COc1ncc(-c2cc(-c3ccn(Cc4ccc(Cl)cc4)n3)c(C)nn2)c(OC)n1. The van der Waals surface area contributed by atoms with E-state index < -0.39 is 0 Å². The highest BCUT2D eigenvalue weighted by atomic mass is 35.5. The summed E-state index contributed by atoms with van der Waals surface area (Å²) in [5.41, 5.74) is 4.75. The Labute approximate surface area is 178 Å². The van der Waals surface area contributed by atoms with Crippen LogP contribution in [0.2, 0.25) is 5.02 Å². The molecule has 0 radical (unpaired) electrons. The van der Waals surface area contributed by atoms with Crippen molar-refractivity contribution in [2.24, 2.45) is 0 Å². The Balaban J connectivity index is 1.66. The Morgan fingerprint density at radius 1 is 0.967 bits per heavy atom. The van der Waals surface area contributed by atoms with E-state index in [0.29, 0.717) is 28.7 Å². The molecular formula is C21H19ClN6O2. The van der Waals surface area contributed by atoms with Gasteiger partial charge in [0, 0.05) is 23.0 Å². The van der Waals surface area contributed by atoms with E-state index in [9.17, 15) is 0 Å². The summed E-state index contributed by atoms with van der Waals surface area (Å²) in [6.07, 6.45) is 3.54. The lowest BCUT2D eigenvalue weighted by Crippen LogP contribution is -2.02. The molecule has 3 aromatic heterocycles. The summed E-state index contributed by atoms with van der Waals surface area (Å²) in [6.45, 7) is 2.54. The fourth-order valence-corrected chi connectivity index (χ4v) is 3.12. The van der Waals surface area contributed by atoms with Gasteiger partial charge < -0.3 is 9.47 Å². The van der Waals surface area contributed by atoms with Gasteiger partial charge in [0.1, 0.15) is 5.69 Å². The van der Waals surface area contributed by atoms with Gasteiger partial charge in [0.05, 0.1) is 37.7 Å². The fraction of sp³-hybridized carbons (Fsp3) is 0.190. The summed E-state index contributed by atoms with van der Waals surface area (Å²) in [4.78, 5) is 8.37. The number of aromatic nitrogens is 6. The smallest absolute Gasteiger partial charge is 0.319 e. The normalized spacial score (nSPS) is 10.8. The average Bonchev–Trinajstić information content (AvgIpc) is 3.23. The van der Waals surface area contributed by atoms with Crippen molar-refractivity contribution in [3.8, 4) is 34.4 Å². The lowest BCUT2D eigenvalue weighted by Gasteiger charge is -2.09. The summed E-state index contributed by atoms with van der Waals surface area (Å²) < 4.78 is 12.3. The van der Waals surface area contributed by atoms with Crippen molar-refractivity contribution in [2.75, 3.05) is 14.2 Å². The molecule has 0 N–H and O–H groups in total. The summed E-state index contributed by atoms with van der Waals surface area (Å²) >= 11 is 5.96. The van der Waals surface area contributed by atoms with Gasteiger partial charge in [-0.15, -0.1) is 5.10 Å². The lowest BCUT2D eigenvalue weighted by molar-refractivity contribution is 0.353. The number of benzene rings is 1. The molecule has 0 saturated heterocycles. The molecule has 8 nitrogen and oxygen atoms in total. The molecule has 0 aliphatic heterocycles. The number of methoxy groups -OCH3 is 2. The van der Waals surface area contributed by atoms with E-state index in [1.807, 2.05) is 54.2 Å². The van der Waals surface area contributed by atoms with E-state index >= 15 is 0 Å². The topological polar surface area (TPSA) is 87.8 Å². The second kappa shape index (κ2) is 8.46. The van der Waals surface area contributed by atoms with Gasteiger partial charge in [0.2, 0.25) is 5.88 Å². The number of aryl methyl sites for hydroxylation is 1. The van der Waals surface area contributed by atoms with E-state index in [2.05, 4.69) is 20.2 Å². The molecule has 0 aliphatic carbocycles. The summed E-state index contributed by atoms with van der Waals surface area (Å²) in [5, 5.41) is 14.0. The van der Waals surface area contributed by atoms with E-state index in [1.54, 1.807) is 6.20 Å². The standard InChI is InChI=1S/C21H19ClN6O2/c1-13-16(18-8-9-28(27-18)12-14-4-6-15(22)7-5-14)10-19(26-25-13)17-11-23-21(30-3)24-20(17)29-2/h4-11H,12H2,1-3H3. The van der Waals surface area contributed by atoms with Crippen molar-refractivity contribution in [1.82, 2.24) is 29.9 Å². The summed E-state index contributed by atoms with van der Waals surface area (Å²) in [6, 6.07) is 11.8. The Morgan fingerprint density at radius 2 is 1.77 bits per heavy atom. The van der Waals surface area contributed by atoms with Crippen molar-refractivity contribution in [1.29, 1.82) is 0 Å². The van der Waals surface area contributed by atoms with Gasteiger partial charge in [0.15, 0.2) is 0 Å². The first-order valence-corrected chi connectivity index (χ1v) is 9.53. The van der Waals surface area contributed by atoms with Gasteiger partial charge in [-0.1, -0.05) is 23.7 Å². The Kier molecular flexibility index (Phi) is 5.58. The van der Waals surface area contributed by atoms with Crippen molar-refractivity contribution in [2.45, 2.75) is 13.5 Å². The molecule has 0 atom stereocenters. The van der Waals surface area contributed by atoms with Crippen LogP contribution in [-0.4, -0.2) is 44.2 Å². The third kappa shape index (κ3) is 4.08. The van der Waals surface area contributed by atoms with Crippen LogP contribution >= 0.6 is 11.6 Å². The second-order valence-corrected chi connectivity index (χ2v) is 6.97. The number of rotatable bonds is 6.